The van der Waals surface area contributed by atoms with E-state index >= 15 is 0 Å². The van der Waals surface area contributed by atoms with Crippen LogP contribution in [0.5, 0.6) is 0 Å². The summed E-state index contributed by atoms with van der Waals surface area (Å²) in [5.41, 5.74) is 6.92. The maximum Gasteiger partial charge on any atom is 0.256 e. The number of hydrazone groups is 1. The molecule has 0 saturated carbocycles. The first kappa shape index (κ1) is 25.6. The van der Waals surface area contributed by atoms with E-state index in [9.17, 15) is 14.4 Å². The molecule has 8 nitrogen and oxygen atoms in total. The van der Waals surface area contributed by atoms with Crippen molar-refractivity contribution in [3.63, 3.8) is 0 Å². The number of carbonyl (C=O) groups excluding carboxylic acids is 3. The molecule has 1 saturated heterocycles. The Morgan fingerprint density at radius 1 is 1.08 bits per heavy atom. The molecule has 0 aromatic heterocycles. The molecule has 0 bridgehead atoms. The van der Waals surface area contributed by atoms with Crippen molar-refractivity contribution in [3.05, 3.63) is 71.8 Å². The summed E-state index contributed by atoms with van der Waals surface area (Å²) in [6.07, 6.45) is 2.04. The summed E-state index contributed by atoms with van der Waals surface area (Å²) in [4.78, 5) is 41.8. The maximum atomic E-state index is 13.9. The van der Waals surface area contributed by atoms with Crippen molar-refractivity contribution in [2.24, 2.45) is 16.3 Å². The number of benzene rings is 2. The highest BCUT2D eigenvalue weighted by Crippen LogP contribution is 2.38. The minimum atomic E-state index is -1.12. The van der Waals surface area contributed by atoms with Crippen molar-refractivity contribution in [1.29, 1.82) is 0 Å². The van der Waals surface area contributed by atoms with Crippen LogP contribution in [0.4, 0.5) is 0 Å². The lowest BCUT2D eigenvalue weighted by Crippen LogP contribution is -2.60. The van der Waals surface area contributed by atoms with E-state index < -0.39 is 17.0 Å². The third-order valence-corrected chi connectivity index (χ3v) is 7.02. The summed E-state index contributed by atoms with van der Waals surface area (Å²) in [6.45, 7) is 3.91. The number of carbonyl (C=O) groups is 3. The number of nitrogens with two attached hydrogens (primary N) is 1. The number of piperidine rings is 1. The lowest BCUT2D eigenvalue weighted by Gasteiger charge is -2.41. The summed E-state index contributed by atoms with van der Waals surface area (Å²) in [7, 11) is 1.67. The molecule has 3 N–H and O–H groups in total. The van der Waals surface area contributed by atoms with Crippen LogP contribution < -0.4 is 11.1 Å². The summed E-state index contributed by atoms with van der Waals surface area (Å²) >= 11 is 0. The molecule has 3 amide bonds. The van der Waals surface area contributed by atoms with Gasteiger partial charge in [-0.05, 0) is 44.2 Å². The number of hydrogen-bond acceptors (Lipinski definition) is 5. The van der Waals surface area contributed by atoms with Crippen molar-refractivity contribution < 1.29 is 14.4 Å². The molecule has 8 heteroatoms. The molecule has 0 aliphatic carbocycles. The number of amides is 3. The highest BCUT2D eigenvalue weighted by molar-refractivity contribution is 6.13. The van der Waals surface area contributed by atoms with Crippen LogP contribution in [0, 0.1) is 5.41 Å². The molecule has 2 aromatic rings. The molecule has 0 radical (unpaired) electrons. The Balaban J connectivity index is 1.58. The van der Waals surface area contributed by atoms with Gasteiger partial charge in [0.05, 0.1) is 11.3 Å². The topological polar surface area (TPSA) is 108 Å². The van der Waals surface area contributed by atoms with Gasteiger partial charge in [-0.25, -0.2) is 5.01 Å². The zero-order valence-corrected chi connectivity index (χ0v) is 21.2. The average molecular weight is 490 g/mol. The molecule has 1 unspecified atom stereocenters. The van der Waals surface area contributed by atoms with Crippen LogP contribution in [-0.2, 0) is 27.2 Å². The second kappa shape index (κ2) is 10.2. The first-order valence-corrected chi connectivity index (χ1v) is 12.4. The van der Waals surface area contributed by atoms with Gasteiger partial charge in [0, 0.05) is 26.6 Å². The predicted molar refractivity (Wildman–Crippen MR) is 139 cm³/mol. The van der Waals surface area contributed by atoms with E-state index in [0.717, 1.165) is 16.8 Å². The van der Waals surface area contributed by atoms with E-state index in [-0.39, 0.29) is 24.3 Å². The van der Waals surface area contributed by atoms with Gasteiger partial charge in [-0.1, -0.05) is 60.7 Å². The maximum absolute atomic E-state index is 13.9. The fraction of sp³-hybridized carbons (Fsp3) is 0.429. The first-order valence-electron chi connectivity index (χ1n) is 12.4. The fourth-order valence-corrected chi connectivity index (χ4v) is 4.99. The van der Waals surface area contributed by atoms with E-state index in [1.165, 1.54) is 5.01 Å². The van der Waals surface area contributed by atoms with Gasteiger partial charge in [-0.2, -0.15) is 5.10 Å². The van der Waals surface area contributed by atoms with Gasteiger partial charge in [0.15, 0.2) is 0 Å². The number of hydrogen-bond donors (Lipinski definition) is 2. The number of aryl methyl sites for hydroxylation is 1. The third-order valence-electron chi connectivity index (χ3n) is 7.02. The van der Waals surface area contributed by atoms with Gasteiger partial charge in [0.25, 0.3) is 5.91 Å². The van der Waals surface area contributed by atoms with Gasteiger partial charge in [0.2, 0.25) is 11.8 Å². The predicted octanol–water partition coefficient (Wildman–Crippen LogP) is 2.13. The third kappa shape index (κ3) is 5.33. The van der Waals surface area contributed by atoms with E-state index in [0.29, 0.717) is 32.2 Å². The van der Waals surface area contributed by atoms with Gasteiger partial charge >= 0.3 is 0 Å². The van der Waals surface area contributed by atoms with Crippen molar-refractivity contribution in [2.75, 3.05) is 20.1 Å². The van der Waals surface area contributed by atoms with Crippen molar-refractivity contribution in [2.45, 2.75) is 51.1 Å². The smallest absolute Gasteiger partial charge is 0.256 e. The summed E-state index contributed by atoms with van der Waals surface area (Å²) in [6, 6.07) is 18.9. The van der Waals surface area contributed by atoms with E-state index in [1.807, 2.05) is 60.7 Å². The quantitative estimate of drug-likeness (QED) is 0.592. The number of nitrogens with zero attached hydrogens (tertiary/aromatic N) is 3. The molecule has 2 aromatic carbocycles. The Kier molecular flexibility index (Phi) is 7.26. The van der Waals surface area contributed by atoms with Crippen LogP contribution in [-0.4, -0.2) is 65.1 Å². The summed E-state index contributed by atoms with van der Waals surface area (Å²) < 4.78 is 0. The van der Waals surface area contributed by atoms with Crippen LogP contribution in [0.3, 0.4) is 0 Å². The van der Waals surface area contributed by atoms with E-state index in [4.69, 9.17) is 5.73 Å². The van der Waals surface area contributed by atoms with Gasteiger partial charge in [-0.3, -0.25) is 14.4 Å². The standard InChI is InChI=1S/C28H35N5O3/c1-27(2,29)25(35)30-22(15-14-20-10-6-4-7-11-20)24(34)33-17-16-23-28(19-33,26(36)32(3)31-23)18-21-12-8-5-9-13-21/h4-13,22H,14-19,29H2,1-3H3,(H,30,35)/t22?,28-/m1/s1. The molecule has 36 heavy (non-hydrogen) atoms. The minimum Gasteiger partial charge on any atom is -0.343 e. The molecule has 2 atom stereocenters. The van der Waals surface area contributed by atoms with Crippen LogP contribution in [0.15, 0.2) is 65.8 Å². The second-order valence-electron chi connectivity index (χ2n) is 10.4. The Morgan fingerprint density at radius 2 is 1.69 bits per heavy atom. The minimum absolute atomic E-state index is 0.105. The van der Waals surface area contributed by atoms with Crippen molar-refractivity contribution in [1.82, 2.24) is 15.2 Å². The molecule has 2 aliphatic heterocycles. The fourth-order valence-electron chi connectivity index (χ4n) is 4.99. The Labute approximate surface area is 212 Å². The number of likely N-dealkylation sites (tertiary alicyclic amines) is 1. The molecule has 1 fully saturated rings. The Hall–Kier alpha value is -3.52. The number of nitrogens with one attached hydrogen (secondary N) is 1. The Bertz CT molecular complexity index is 1140. The van der Waals surface area contributed by atoms with Gasteiger partial charge in [-0.15, -0.1) is 0 Å². The summed E-state index contributed by atoms with van der Waals surface area (Å²) in [5.74, 6) is -0.687. The average Bonchev–Trinajstić information content (AvgIpc) is 3.10. The molecular weight excluding hydrogens is 454 g/mol. The lowest BCUT2D eigenvalue weighted by atomic mass is 9.73. The van der Waals surface area contributed by atoms with Crippen LogP contribution in [0.25, 0.3) is 0 Å². The Morgan fingerprint density at radius 3 is 2.31 bits per heavy atom. The number of fused-ring (bicyclic) bond motifs is 1. The molecule has 0 spiro atoms. The summed E-state index contributed by atoms with van der Waals surface area (Å²) in [5, 5.41) is 8.82. The SMILES string of the molecule is CN1N=C2CCN(C(=O)C(CCc3ccccc3)NC(=O)C(C)(C)N)C[C@@]2(Cc2ccccc2)C1=O. The van der Waals surface area contributed by atoms with Crippen molar-refractivity contribution >= 4 is 23.4 Å². The van der Waals surface area contributed by atoms with Crippen LogP contribution >= 0.6 is 0 Å². The largest absolute Gasteiger partial charge is 0.343 e. The molecule has 2 aliphatic rings. The second-order valence-corrected chi connectivity index (χ2v) is 10.4. The van der Waals surface area contributed by atoms with Gasteiger partial charge in [0.1, 0.15) is 11.5 Å². The lowest BCUT2D eigenvalue weighted by molar-refractivity contribution is -0.142. The zero-order valence-electron chi connectivity index (χ0n) is 21.2. The van der Waals surface area contributed by atoms with Crippen molar-refractivity contribution in [3.8, 4) is 0 Å². The monoisotopic (exact) mass is 489 g/mol. The normalized spacial score (nSPS) is 20.6. The van der Waals surface area contributed by atoms with Crippen LogP contribution in [0.2, 0.25) is 0 Å². The molecule has 2 heterocycles. The van der Waals surface area contributed by atoms with E-state index in [2.05, 4.69) is 10.4 Å². The number of rotatable bonds is 8. The van der Waals surface area contributed by atoms with Gasteiger partial charge < -0.3 is 16.0 Å². The molecule has 4 rings (SSSR count). The first-order chi connectivity index (χ1) is 17.1. The highest BCUT2D eigenvalue weighted by Gasteiger charge is 2.53. The van der Waals surface area contributed by atoms with E-state index in [1.54, 1.807) is 25.8 Å². The molecule has 190 valence electrons. The van der Waals surface area contributed by atoms with Crippen LogP contribution in [0.1, 0.15) is 37.8 Å². The highest BCUT2D eigenvalue weighted by atomic mass is 16.2. The zero-order chi connectivity index (χ0) is 25.9. The molecular formula is C28H35N5O3.